The molecule has 0 N–H and O–H groups in total. The second kappa shape index (κ2) is 4.45. The van der Waals surface area contributed by atoms with E-state index in [-0.39, 0.29) is 0 Å². The van der Waals surface area contributed by atoms with Crippen LogP contribution in [0.15, 0.2) is 24.4 Å². The van der Waals surface area contributed by atoms with Crippen LogP contribution in [-0.2, 0) is 18.2 Å². The SMILES string of the molecule is COCCCc1ccc2nn(C)cc2c1. The second-order valence-electron chi connectivity index (χ2n) is 3.79. The number of hydrogen-bond donors (Lipinski definition) is 0. The lowest BCUT2D eigenvalue weighted by Crippen LogP contribution is -1.92. The summed E-state index contributed by atoms with van der Waals surface area (Å²) in [5, 5.41) is 5.56. The molecule has 0 radical (unpaired) electrons. The molecular formula is C12H16N2O. The number of ether oxygens (including phenoxy) is 1. The fourth-order valence-electron chi connectivity index (χ4n) is 1.77. The van der Waals surface area contributed by atoms with Crippen LogP contribution in [0.25, 0.3) is 10.9 Å². The molecule has 0 bridgehead atoms. The van der Waals surface area contributed by atoms with Crippen molar-refractivity contribution in [3.63, 3.8) is 0 Å². The number of aryl methyl sites for hydroxylation is 2. The summed E-state index contributed by atoms with van der Waals surface area (Å²) >= 11 is 0. The molecule has 1 heterocycles. The smallest absolute Gasteiger partial charge is 0.0923 e. The molecule has 3 heteroatoms. The Balaban J connectivity index is 2.15. The summed E-state index contributed by atoms with van der Waals surface area (Å²) in [5.74, 6) is 0. The highest BCUT2D eigenvalue weighted by Crippen LogP contribution is 2.15. The molecule has 0 aliphatic heterocycles. The molecule has 2 rings (SSSR count). The van der Waals surface area contributed by atoms with Gasteiger partial charge in [0.2, 0.25) is 0 Å². The summed E-state index contributed by atoms with van der Waals surface area (Å²) in [7, 11) is 3.69. The van der Waals surface area contributed by atoms with Crippen LogP contribution in [0.3, 0.4) is 0 Å². The molecule has 80 valence electrons. The number of fused-ring (bicyclic) bond motifs is 1. The van der Waals surface area contributed by atoms with E-state index in [1.807, 2.05) is 11.7 Å². The van der Waals surface area contributed by atoms with Gasteiger partial charge in [-0.25, -0.2) is 0 Å². The molecule has 0 saturated carbocycles. The zero-order valence-electron chi connectivity index (χ0n) is 9.23. The van der Waals surface area contributed by atoms with Gasteiger partial charge in [-0.05, 0) is 30.5 Å². The number of nitrogens with zero attached hydrogens (tertiary/aromatic N) is 2. The van der Waals surface area contributed by atoms with Crippen molar-refractivity contribution in [2.24, 2.45) is 7.05 Å². The van der Waals surface area contributed by atoms with Crippen molar-refractivity contribution < 1.29 is 4.74 Å². The first kappa shape index (κ1) is 10.2. The number of hydrogen-bond acceptors (Lipinski definition) is 2. The zero-order valence-corrected chi connectivity index (χ0v) is 9.23. The number of rotatable bonds is 4. The van der Waals surface area contributed by atoms with E-state index in [1.54, 1.807) is 7.11 Å². The van der Waals surface area contributed by atoms with E-state index in [2.05, 4.69) is 29.5 Å². The van der Waals surface area contributed by atoms with E-state index >= 15 is 0 Å². The molecule has 0 fully saturated rings. The van der Waals surface area contributed by atoms with Crippen LogP contribution in [0.5, 0.6) is 0 Å². The van der Waals surface area contributed by atoms with Gasteiger partial charge in [-0.2, -0.15) is 5.10 Å². The summed E-state index contributed by atoms with van der Waals surface area (Å²) in [5.41, 5.74) is 2.42. The molecule has 1 aromatic carbocycles. The van der Waals surface area contributed by atoms with Crippen LogP contribution in [-0.4, -0.2) is 23.5 Å². The van der Waals surface area contributed by atoms with Crippen molar-refractivity contribution >= 4 is 10.9 Å². The average molecular weight is 204 g/mol. The lowest BCUT2D eigenvalue weighted by Gasteiger charge is -2.00. The van der Waals surface area contributed by atoms with E-state index in [4.69, 9.17) is 4.74 Å². The fourth-order valence-corrected chi connectivity index (χ4v) is 1.77. The van der Waals surface area contributed by atoms with Gasteiger partial charge >= 0.3 is 0 Å². The van der Waals surface area contributed by atoms with Crippen LogP contribution >= 0.6 is 0 Å². The highest BCUT2D eigenvalue weighted by atomic mass is 16.5. The van der Waals surface area contributed by atoms with Crippen LogP contribution < -0.4 is 0 Å². The van der Waals surface area contributed by atoms with Gasteiger partial charge in [0.05, 0.1) is 5.52 Å². The molecule has 0 saturated heterocycles. The quantitative estimate of drug-likeness (QED) is 0.713. The Morgan fingerprint density at radius 2 is 2.27 bits per heavy atom. The molecule has 2 aromatic rings. The van der Waals surface area contributed by atoms with Gasteiger partial charge in [-0.1, -0.05) is 6.07 Å². The molecule has 0 atom stereocenters. The van der Waals surface area contributed by atoms with E-state index in [0.29, 0.717) is 0 Å². The summed E-state index contributed by atoms with van der Waals surface area (Å²) in [6, 6.07) is 6.43. The number of benzene rings is 1. The minimum Gasteiger partial charge on any atom is -0.385 e. The molecule has 0 aliphatic rings. The summed E-state index contributed by atoms with van der Waals surface area (Å²) in [6.07, 6.45) is 4.19. The van der Waals surface area contributed by atoms with Crippen LogP contribution in [0.1, 0.15) is 12.0 Å². The van der Waals surface area contributed by atoms with E-state index in [1.165, 1.54) is 10.9 Å². The van der Waals surface area contributed by atoms with Gasteiger partial charge in [0.25, 0.3) is 0 Å². The summed E-state index contributed by atoms with van der Waals surface area (Å²) in [6.45, 7) is 0.824. The average Bonchev–Trinajstić information content (AvgIpc) is 2.57. The number of methoxy groups -OCH3 is 1. The van der Waals surface area contributed by atoms with Gasteiger partial charge in [0, 0.05) is 32.3 Å². The normalized spacial score (nSPS) is 11.1. The molecule has 15 heavy (non-hydrogen) atoms. The summed E-state index contributed by atoms with van der Waals surface area (Å²) < 4.78 is 6.89. The predicted molar refractivity (Wildman–Crippen MR) is 60.9 cm³/mol. The Labute approximate surface area is 89.7 Å². The fraction of sp³-hybridized carbons (Fsp3) is 0.417. The molecular weight excluding hydrogens is 188 g/mol. The highest BCUT2D eigenvalue weighted by molar-refractivity contribution is 5.78. The molecule has 0 unspecified atom stereocenters. The topological polar surface area (TPSA) is 27.1 Å². The first-order chi connectivity index (χ1) is 7.29. The van der Waals surface area contributed by atoms with Crippen LogP contribution in [0.4, 0.5) is 0 Å². The lowest BCUT2D eigenvalue weighted by molar-refractivity contribution is 0.195. The monoisotopic (exact) mass is 204 g/mol. The second-order valence-corrected chi connectivity index (χ2v) is 3.79. The Morgan fingerprint density at radius 3 is 3.07 bits per heavy atom. The third-order valence-corrected chi connectivity index (χ3v) is 2.50. The molecule has 0 spiro atoms. The third-order valence-electron chi connectivity index (χ3n) is 2.50. The lowest BCUT2D eigenvalue weighted by atomic mass is 10.1. The Hall–Kier alpha value is -1.35. The van der Waals surface area contributed by atoms with Gasteiger partial charge < -0.3 is 4.74 Å². The van der Waals surface area contributed by atoms with Gasteiger partial charge in [0.1, 0.15) is 0 Å². The van der Waals surface area contributed by atoms with Crippen molar-refractivity contribution in [3.05, 3.63) is 30.0 Å². The maximum absolute atomic E-state index is 5.04. The Morgan fingerprint density at radius 1 is 1.40 bits per heavy atom. The van der Waals surface area contributed by atoms with Crippen LogP contribution in [0.2, 0.25) is 0 Å². The van der Waals surface area contributed by atoms with Crippen molar-refractivity contribution in [2.45, 2.75) is 12.8 Å². The molecule has 1 aromatic heterocycles. The van der Waals surface area contributed by atoms with Crippen molar-refractivity contribution in [1.82, 2.24) is 9.78 Å². The standard InChI is InChI=1S/C12H16N2O/c1-14-9-11-8-10(4-3-7-15-2)5-6-12(11)13-14/h5-6,8-9H,3-4,7H2,1-2H3. The Bertz CT molecular complexity index is 448. The van der Waals surface area contributed by atoms with Crippen LogP contribution in [0, 0.1) is 0 Å². The summed E-state index contributed by atoms with van der Waals surface area (Å²) in [4.78, 5) is 0. The van der Waals surface area contributed by atoms with E-state index in [0.717, 1.165) is 25.0 Å². The maximum Gasteiger partial charge on any atom is 0.0923 e. The highest BCUT2D eigenvalue weighted by Gasteiger charge is 1.99. The zero-order chi connectivity index (χ0) is 10.7. The largest absolute Gasteiger partial charge is 0.385 e. The van der Waals surface area contributed by atoms with E-state index in [9.17, 15) is 0 Å². The first-order valence-electron chi connectivity index (χ1n) is 5.21. The Kier molecular flexibility index (Phi) is 3.02. The number of aromatic nitrogens is 2. The third kappa shape index (κ3) is 2.36. The van der Waals surface area contributed by atoms with Crippen molar-refractivity contribution in [3.8, 4) is 0 Å². The minimum absolute atomic E-state index is 0.824. The molecule has 0 amide bonds. The van der Waals surface area contributed by atoms with E-state index < -0.39 is 0 Å². The minimum atomic E-state index is 0.824. The predicted octanol–water partition coefficient (Wildman–Crippen LogP) is 2.15. The first-order valence-corrected chi connectivity index (χ1v) is 5.21. The van der Waals surface area contributed by atoms with Gasteiger partial charge in [-0.3, -0.25) is 4.68 Å². The maximum atomic E-state index is 5.04. The van der Waals surface area contributed by atoms with Crippen molar-refractivity contribution in [1.29, 1.82) is 0 Å². The van der Waals surface area contributed by atoms with Gasteiger partial charge in [-0.15, -0.1) is 0 Å². The molecule has 3 nitrogen and oxygen atoms in total. The van der Waals surface area contributed by atoms with Crippen molar-refractivity contribution in [2.75, 3.05) is 13.7 Å². The molecule has 0 aliphatic carbocycles. The van der Waals surface area contributed by atoms with Gasteiger partial charge in [0.15, 0.2) is 0 Å².